The molecule has 0 saturated carbocycles. The number of aromatic nitrogens is 3. The number of aryl methyl sites for hydroxylation is 1. The molecule has 0 bridgehead atoms. The van der Waals surface area contributed by atoms with E-state index in [1.165, 1.54) is 11.0 Å². The quantitative estimate of drug-likeness (QED) is 0.0420. The Morgan fingerprint density at radius 3 is 2.54 bits per heavy atom. The number of aliphatic hydroxyl groups is 1. The minimum absolute atomic E-state index is 0.0186. The lowest BCUT2D eigenvalue weighted by atomic mass is 9.76. The van der Waals surface area contributed by atoms with Crippen LogP contribution in [0, 0.1) is 18.7 Å². The molecular weight excluding hydrogens is 930 g/mol. The molecule has 20 heteroatoms. The number of primary amides is 1. The fourth-order valence-corrected chi connectivity index (χ4v) is 9.93. The first-order valence-corrected chi connectivity index (χ1v) is 24.2. The minimum atomic E-state index is -2.02. The molecule has 5 heterocycles. The number of nitrogens with two attached hydrogens (primary N) is 2. The molecule has 2 aromatic carbocycles. The highest BCUT2D eigenvalue weighted by molar-refractivity contribution is 5.98. The van der Waals surface area contributed by atoms with E-state index in [9.17, 15) is 38.7 Å². The Bertz CT molecular complexity index is 3010. The van der Waals surface area contributed by atoms with Gasteiger partial charge in [0.1, 0.15) is 25.1 Å². The van der Waals surface area contributed by atoms with Crippen LogP contribution in [0.3, 0.4) is 0 Å². The van der Waals surface area contributed by atoms with Crippen LogP contribution in [0.15, 0.2) is 59.5 Å². The highest BCUT2D eigenvalue weighted by Crippen LogP contribution is 2.47. The number of nitrogens with one attached hydrogen (secondary N) is 4. The predicted octanol–water partition coefficient (Wildman–Crippen LogP) is 4.93. The average Bonchev–Trinajstić information content (AvgIpc) is 4.02. The highest BCUT2D eigenvalue weighted by Gasteiger charge is 2.46. The van der Waals surface area contributed by atoms with Crippen LogP contribution in [0.5, 0.6) is 0 Å². The van der Waals surface area contributed by atoms with Crippen LogP contribution in [0.25, 0.3) is 22.3 Å². The smallest absolute Gasteiger partial charge is 0.410 e. The van der Waals surface area contributed by atoms with Gasteiger partial charge in [-0.1, -0.05) is 32.9 Å². The number of aromatic amines is 1. The van der Waals surface area contributed by atoms with Crippen molar-refractivity contribution in [3.05, 3.63) is 116 Å². The maximum atomic E-state index is 15.5. The van der Waals surface area contributed by atoms with Gasteiger partial charge in [-0.05, 0) is 110 Å². The van der Waals surface area contributed by atoms with E-state index < -0.39 is 59.0 Å². The first kappa shape index (κ1) is 50.9. The van der Waals surface area contributed by atoms with Crippen molar-refractivity contribution in [2.45, 2.75) is 123 Å². The largest absolute Gasteiger partial charge is 0.458 e. The maximum absolute atomic E-state index is 15.5. The number of rotatable bonds is 19. The number of hydrogen-bond donors (Lipinski definition) is 7. The second-order valence-corrected chi connectivity index (χ2v) is 19.2. The number of carbonyl (C=O) groups is 6. The van der Waals surface area contributed by atoms with Gasteiger partial charge in [0, 0.05) is 53.1 Å². The van der Waals surface area contributed by atoms with Crippen LogP contribution < -0.4 is 33.0 Å². The van der Waals surface area contributed by atoms with Crippen LogP contribution in [0.4, 0.5) is 19.7 Å². The summed E-state index contributed by atoms with van der Waals surface area (Å²) in [5, 5.41) is 20.2. The van der Waals surface area contributed by atoms with Gasteiger partial charge in [-0.15, -0.1) is 0 Å². The summed E-state index contributed by atoms with van der Waals surface area (Å²) in [6.45, 7) is 6.66. The molecule has 0 unspecified atom stereocenters. The number of anilines is 1. The number of esters is 1. The zero-order chi connectivity index (χ0) is 51.6. The van der Waals surface area contributed by atoms with Crippen LogP contribution >= 0.6 is 0 Å². The summed E-state index contributed by atoms with van der Waals surface area (Å²) in [5.74, 6) is -2.82. The third kappa shape index (κ3) is 10.3. The van der Waals surface area contributed by atoms with Crippen molar-refractivity contribution in [3.8, 4) is 11.4 Å². The van der Waals surface area contributed by atoms with Crippen molar-refractivity contribution in [1.29, 1.82) is 0 Å². The molecular formula is C52H60FN9O10. The number of benzene rings is 2. The molecule has 0 fully saturated rings. The molecule has 380 valence electrons. The molecule has 2 aliphatic heterocycles. The number of hydrogen-bond acceptors (Lipinski definition) is 12. The molecule has 3 aromatic heterocycles. The van der Waals surface area contributed by atoms with Crippen LogP contribution in [-0.2, 0) is 67.0 Å². The van der Waals surface area contributed by atoms with Gasteiger partial charge in [-0.2, -0.15) is 0 Å². The van der Waals surface area contributed by atoms with E-state index in [1.807, 2.05) is 0 Å². The van der Waals surface area contributed by atoms with E-state index in [4.69, 9.17) is 25.9 Å². The van der Waals surface area contributed by atoms with E-state index in [1.54, 1.807) is 80.9 Å². The highest BCUT2D eigenvalue weighted by atomic mass is 19.1. The molecule has 0 radical (unpaired) electrons. The number of urea groups is 1. The standard InChI is InChI=1S/C52H60FN9O10/c1-5-52(70)37-20-41-45-35(24-62(41)48(66)36(37)26-71-49(52)67)42-30(13-17-34-28(4)38(53)21-40(59-45)43(34)42)12-16-33(63)23-61(22-32-8-6-18-56-32)51(69)72-25-29-10-14-31(15-11-29)58-46(64)39(9-7-19-57-50(55)68)60-47(65)44(54)27(2)3/h6,8,10-11,14-15,18,20-21,27,30,39,44,56,70H,5,7,9,12-13,16-17,19,22-26,54H2,1-4H3,(H,58,64)(H,60,65)(H3,55,57,68)/t30-,39+,44+,52-/m1/s1. The number of fused-ring (bicyclic) bond motifs is 5. The molecule has 8 rings (SSSR count). The number of cyclic esters (lactones) is 1. The monoisotopic (exact) mass is 989 g/mol. The number of Topliss-reactive ketones (excluding diaryl/α,β-unsaturated/α-hetero) is 1. The SMILES string of the molecule is CC[C@]1(O)C(=O)OCc2c1cc1n(c2=O)Cc2c-1nc1cc(F)c(C)c3c1c2[C@H](CCC(=O)CN(Cc1ccc[nH]1)C(=O)OCc1ccc(NC(=O)[C@H](CCCNC(N)=O)NC(=O)[C@@H](N)C(C)C)cc1)CC3. The second kappa shape index (κ2) is 21.1. The lowest BCUT2D eigenvalue weighted by Gasteiger charge is -2.31. The summed E-state index contributed by atoms with van der Waals surface area (Å²) in [6.07, 6.45) is 3.11. The van der Waals surface area contributed by atoms with Crippen molar-refractivity contribution in [2.24, 2.45) is 17.4 Å². The van der Waals surface area contributed by atoms with E-state index in [0.717, 1.165) is 22.1 Å². The van der Waals surface area contributed by atoms with Gasteiger partial charge in [0.25, 0.3) is 5.56 Å². The molecule has 3 aliphatic rings. The number of H-pyrrole nitrogens is 1. The number of ketones is 1. The average molecular weight is 990 g/mol. The molecule has 5 aromatic rings. The summed E-state index contributed by atoms with van der Waals surface area (Å²) in [5.41, 5.74) is 15.0. The molecule has 19 nitrogen and oxygen atoms in total. The fourth-order valence-electron chi connectivity index (χ4n) is 9.93. The van der Waals surface area contributed by atoms with Crippen molar-refractivity contribution < 1.29 is 47.7 Å². The molecule has 72 heavy (non-hydrogen) atoms. The topological polar surface area (TPSA) is 283 Å². The van der Waals surface area contributed by atoms with Crippen molar-refractivity contribution >= 4 is 52.3 Å². The number of nitrogens with zero attached hydrogens (tertiary/aromatic N) is 3. The number of pyridine rings is 2. The van der Waals surface area contributed by atoms with Crippen molar-refractivity contribution in [2.75, 3.05) is 18.4 Å². The molecule has 5 amide bonds. The summed E-state index contributed by atoms with van der Waals surface area (Å²) < 4.78 is 28.0. The zero-order valence-electron chi connectivity index (χ0n) is 40.7. The Kier molecular flexibility index (Phi) is 14.9. The summed E-state index contributed by atoms with van der Waals surface area (Å²) in [4.78, 5) is 101. The van der Waals surface area contributed by atoms with Crippen LogP contribution in [-0.4, -0.2) is 85.4 Å². The van der Waals surface area contributed by atoms with E-state index in [0.29, 0.717) is 65.1 Å². The Morgan fingerprint density at radius 1 is 1.08 bits per heavy atom. The molecule has 1 aliphatic carbocycles. The molecule has 0 spiro atoms. The van der Waals surface area contributed by atoms with Gasteiger partial charge < -0.3 is 51.5 Å². The molecule has 9 N–H and O–H groups in total. The fraction of sp³-hybridized carbons (Fsp3) is 0.423. The third-order valence-electron chi connectivity index (χ3n) is 14.1. The number of carbonyl (C=O) groups excluding carboxylic acids is 6. The summed E-state index contributed by atoms with van der Waals surface area (Å²) in [7, 11) is 0. The van der Waals surface area contributed by atoms with E-state index >= 15 is 4.39 Å². The number of ether oxygens (including phenoxy) is 2. The Labute approximate surface area is 414 Å². The predicted molar refractivity (Wildman–Crippen MR) is 263 cm³/mol. The Hall–Kier alpha value is -7.45. The van der Waals surface area contributed by atoms with E-state index in [2.05, 4.69) is 20.9 Å². The lowest BCUT2D eigenvalue weighted by Crippen LogP contribution is -2.51. The molecule has 0 saturated heterocycles. The minimum Gasteiger partial charge on any atom is -0.458 e. The van der Waals surface area contributed by atoms with Gasteiger partial charge in [0.2, 0.25) is 11.8 Å². The Morgan fingerprint density at radius 2 is 1.85 bits per heavy atom. The molecule has 4 atom stereocenters. The lowest BCUT2D eigenvalue weighted by molar-refractivity contribution is -0.172. The number of halogens is 1. The normalized spacial score (nSPS) is 17.3. The zero-order valence-corrected chi connectivity index (χ0v) is 40.7. The van der Waals surface area contributed by atoms with Gasteiger partial charge in [0.05, 0.1) is 48.1 Å². The van der Waals surface area contributed by atoms with E-state index in [-0.39, 0.29) is 87.4 Å². The van der Waals surface area contributed by atoms with Gasteiger partial charge in [-0.3, -0.25) is 24.1 Å². The van der Waals surface area contributed by atoms with Crippen molar-refractivity contribution in [3.63, 3.8) is 0 Å². The second-order valence-electron chi connectivity index (χ2n) is 19.2. The first-order chi connectivity index (χ1) is 34.4. The summed E-state index contributed by atoms with van der Waals surface area (Å²) in [6, 6.07) is 10.7. The van der Waals surface area contributed by atoms with Crippen LogP contribution in [0.1, 0.15) is 110 Å². The van der Waals surface area contributed by atoms with Crippen LogP contribution in [0.2, 0.25) is 0 Å². The first-order valence-electron chi connectivity index (χ1n) is 24.2. The maximum Gasteiger partial charge on any atom is 0.410 e. The summed E-state index contributed by atoms with van der Waals surface area (Å²) >= 11 is 0. The van der Waals surface area contributed by atoms with Crippen molar-refractivity contribution in [1.82, 2.24) is 30.1 Å². The third-order valence-corrected chi connectivity index (χ3v) is 14.1. The Balaban J connectivity index is 0.953. The van der Waals surface area contributed by atoms with Gasteiger partial charge in [0.15, 0.2) is 11.4 Å². The van der Waals surface area contributed by atoms with Gasteiger partial charge >= 0.3 is 18.1 Å². The van der Waals surface area contributed by atoms with Gasteiger partial charge in [-0.25, -0.2) is 23.8 Å². The number of amides is 5.